The van der Waals surface area contributed by atoms with Crippen molar-refractivity contribution in [3.8, 4) is 0 Å². The predicted octanol–water partition coefficient (Wildman–Crippen LogP) is 4.40. The Bertz CT molecular complexity index is 388. The van der Waals surface area contributed by atoms with Gasteiger partial charge < -0.3 is 11.1 Å². The molecule has 5 heteroatoms. The number of halogens is 3. The standard InChI is InChI=1S/C12H15Br2ClN2/c13-9-4-8(15)5-10(14)12(9)17-11-3-1-2-7(11)6-16/h4-5,7,11,17H,1-3,6,16H2. The van der Waals surface area contributed by atoms with Crippen LogP contribution in [0.5, 0.6) is 0 Å². The summed E-state index contributed by atoms with van der Waals surface area (Å²) in [6.07, 6.45) is 3.66. The highest BCUT2D eigenvalue weighted by molar-refractivity contribution is 9.11. The van der Waals surface area contributed by atoms with Crippen molar-refractivity contribution >= 4 is 49.1 Å². The van der Waals surface area contributed by atoms with E-state index in [4.69, 9.17) is 17.3 Å². The van der Waals surface area contributed by atoms with Crippen molar-refractivity contribution < 1.29 is 0 Å². The molecule has 0 heterocycles. The van der Waals surface area contributed by atoms with Gasteiger partial charge in [-0.25, -0.2) is 0 Å². The molecule has 0 aromatic heterocycles. The molecule has 0 bridgehead atoms. The lowest BCUT2D eigenvalue weighted by molar-refractivity contribution is 0.516. The van der Waals surface area contributed by atoms with Crippen LogP contribution in [-0.4, -0.2) is 12.6 Å². The van der Waals surface area contributed by atoms with E-state index in [-0.39, 0.29) is 0 Å². The van der Waals surface area contributed by atoms with Gasteiger partial charge in [-0.1, -0.05) is 18.0 Å². The highest BCUT2D eigenvalue weighted by Crippen LogP contribution is 2.37. The topological polar surface area (TPSA) is 38.0 Å². The van der Waals surface area contributed by atoms with Crippen LogP contribution in [0.15, 0.2) is 21.1 Å². The van der Waals surface area contributed by atoms with Crippen LogP contribution in [0, 0.1) is 5.92 Å². The van der Waals surface area contributed by atoms with Crippen molar-refractivity contribution in [1.82, 2.24) is 0 Å². The highest BCUT2D eigenvalue weighted by Gasteiger charge is 2.26. The Morgan fingerprint density at radius 1 is 1.29 bits per heavy atom. The molecule has 1 saturated carbocycles. The number of nitrogens with two attached hydrogens (primary N) is 1. The summed E-state index contributed by atoms with van der Waals surface area (Å²) >= 11 is 13.1. The van der Waals surface area contributed by atoms with Gasteiger partial charge in [-0.3, -0.25) is 0 Å². The lowest BCUT2D eigenvalue weighted by Crippen LogP contribution is -2.29. The third kappa shape index (κ3) is 3.16. The summed E-state index contributed by atoms with van der Waals surface area (Å²) in [6, 6.07) is 4.27. The summed E-state index contributed by atoms with van der Waals surface area (Å²) in [6.45, 7) is 0.750. The summed E-state index contributed by atoms with van der Waals surface area (Å²) in [7, 11) is 0. The fourth-order valence-corrected chi connectivity index (χ4v) is 4.27. The fourth-order valence-electron chi connectivity index (χ4n) is 2.37. The van der Waals surface area contributed by atoms with Gasteiger partial charge in [0.15, 0.2) is 0 Å². The Morgan fingerprint density at radius 2 is 1.94 bits per heavy atom. The molecule has 1 aromatic carbocycles. The van der Waals surface area contributed by atoms with Crippen LogP contribution in [0.25, 0.3) is 0 Å². The Balaban J connectivity index is 2.18. The van der Waals surface area contributed by atoms with Gasteiger partial charge in [-0.05, 0) is 69.3 Å². The third-order valence-corrected chi connectivity index (χ3v) is 4.77. The largest absolute Gasteiger partial charge is 0.380 e. The first-order valence-corrected chi connectivity index (χ1v) is 7.69. The minimum absolute atomic E-state index is 0.466. The van der Waals surface area contributed by atoms with Crippen LogP contribution < -0.4 is 11.1 Å². The second kappa shape index (κ2) is 5.91. The molecule has 3 N–H and O–H groups in total. The van der Waals surface area contributed by atoms with Gasteiger partial charge >= 0.3 is 0 Å². The van der Waals surface area contributed by atoms with E-state index >= 15 is 0 Å². The minimum Gasteiger partial charge on any atom is -0.380 e. The third-order valence-electron chi connectivity index (χ3n) is 3.30. The van der Waals surface area contributed by atoms with Crippen LogP contribution in [0.2, 0.25) is 5.02 Å². The number of anilines is 1. The van der Waals surface area contributed by atoms with Gasteiger partial charge in [0.2, 0.25) is 0 Å². The predicted molar refractivity (Wildman–Crippen MR) is 80.7 cm³/mol. The Hall–Kier alpha value is 0.230. The molecule has 17 heavy (non-hydrogen) atoms. The molecule has 2 atom stereocenters. The second-order valence-corrected chi connectivity index (χ2v) is 6.57. The number of hydrogen-bond acceptors (Lipinski definition) is 2. The van der Waals surface area contributed by atoms with Crippen molar-refractivity contribution in [1.29, 1.82) is 0 Å². The van der Waals surface area contributed by atoms with Crippen molar-refractivity contribution in [2.45, 2.75) is 25.3 Å². The van der Waals surface area contributed by atoms with Crippen molar-refractivity contribution in [3.05, 3.63) is 26.1 Å². The lowest BCUT2D eigenvalue weighted by Gasteiger charge is -2.22. The summed E-state index contributed by atoms with van der Waals surface area (Å²) in [5.74, 6) is 0.574. The summed E-state index contributed by atoms with van der Waals surface area (Å²) in [4.78, 5) is 0. The average molecular weight is 383 g/mol. The smallest absolute Gasteiger partial charge is 0.0632 e. The van der Waals surface area contributed by atoms with Crippen LogP contribution in [0.1, 0.15) is 19.3 Å². The maximum Gasteiger partial charge on any atom is 0.0632 e. The van der Waals surface area contributed by atoms with E-state index in [0.29, 0.717) is 12.0 Å². The van der Waals surface area contributed by atoms with Crippen LogP contribution in [-0.2, 0) is 0 Å². The Kier molecular flexibility index (Phi) is 4.75. The molecule has 0 amide bonds. The molecule has 0 aliphatic heterocycles. The normalized spacial score (nSPS) is 24.0. The zero-order valence-electron chi connectivity index (χ0n) is 9.35. The molecule has 1 aliphatic carbocycles. The monoisotopic (exact) mass is 380 g/mol. The van der Waals surface area contributed by atoms with Gasteiger partial charge in [-0.2, -0.15) is 0 Å². The van der Waals surface area contributed by atoms with Gasteiger partial charge in [0, 0.05) is 20.0 Å². The number of nitrogens with one attached hydrogen (secondary N) is 1. The number of rotatable bonds is 3. The maximum absolute atomic E-state index is 5.99. The number of benzene rings is 1. The summed E-state index contributed by atoms with van der Waals surface area (Å²) < 4.78 is 1.97. The van der Waals surface area contributed by atoms with Gasteiger partial charge in [0.25, 0.3) is 0 Å². The van der Waals surface area contributed by atoms with Crippen LogP contribution in [0.4, 0.5) is 5.69 Å². The Labute approximate surface area is 124 Å². The molecule has 0 saturated heterocycles. The van der Waals surface area contributed by atoms with Gasteiger partial charge in [0.05, 0.1) is 5.69 Å². The van der Waals surface area contributed by atoms with E-state index in [1.807, 2.05) is 12.1 Å². The second-order valence-electron chi connectivity index (χ2n) is 4.42. The first-order valence-electron chi connectivity index (χ1n) is 5.73. The van der Waals surface area contributed by atoms with Crippen molar-refractivity contribution in [2.75, 3.05) is 11.9 Å². The van der Waals surface area contributed by atoms with Crippen LogP contribution in [0.3, 0.4) is 0 Å². The lowest BCUT2D eigenvalue weighted by atomic mass is 10.0. The molecule has 2 nitrogen and oxygen atoms in total. The first kappa shape index (κ1) is 13.7. The van der Waals surface area contributed by atoms with E-state index in [2.05, 4.69) is 37.2 Å². The molecular weight excluding hydrogens is 367 g/mol. The van der Waals surface area contributed by atoms with Crippen LogP contribution >= 0.6 is 43.5 Å². The zero-order valence-corrected chi connectivity index (χ0v) is 13.3. The molecule has 1 aromatic rings. The van der Waals surface area contributed by atoms with Gasteiger partial charge in [0.1, 0.15) is 0 Å². The van der Waals surface area contributed by atoms with Crippen molar-refractivity contribution in [2.24, 2.45) is 11.7 Å². The van der Waals surface area contributed by atoms with E-state index in [1.165, 1.54) is 19.3 Å². The number of hydrogen-bond donors (Lipinski definition) is 2. The molecule has 0 spiro atoms. The maximum atomic E-state index is 5.99. The molecular formula is C12H15Br2ClN2. The summed E-state index contributed by atoms with van der Waals surface area (Å²) in [5.41, 5.74) is 6.86. The zero-order chi connectivity index (χ0) is 12.4. The van der Waals surface area contributed by atoms with Gasteiger partial charge in [-0.15, -0.1) is 0 Å². The van der Waals surface area contributed by atoms with E-state index in [1.54, 1.807) is 0 Å². The molecule has 2 rings (SSSR count). The average Bonchev–Trinajstić information content (AvgIpc) is 2.70. The molecule has 1 fully saturated rings. The quantitative estimate of drug-likeness (QED) is 0.813. The Morgan fingerprint density at radius 3 is 2.53 bits per heavy atom. The first-order chi connectivity index (χ1) is 8.11. The molecule has 94 valence electrons. The highest BCUT2D eigenvalue weighted by atomic mass is 79.9. The molecule has 2 unspecified atom stereocenters. The van der Waals surface area contributed by atoms with Crippen molar-refractivity contribution in [3.63, 3.8) is 0 Å². The SMILES string of the molecule is NCC1CCCC1Nc1c(Br)cc(Cl)cc1Br. The van der Waals surface area contributed by atoms with E-state index < -0.39 is 0 Å². The van der Waals surface area contributed by atoms with E-state index in [9.17, 15) is 0 Å². The minimum atomic E-state index is 0.466. The summed E-state index contributed by atoms with van der Waals surface area (Å²) in [5, 5.41) is 4.29. The molecule has 0 radical (unpaired) electrons. The van der Waals surface area contributed by atoms with E-state index in [0.717, 1.165) is 26.2 Å². The molecule has 1 aliphatic rings. The fraction of sp³-hybridized carbons (Fsp3) is 0.500.